The van der Waals surface area contributed by atoms with Crippen LogP contribution in [0.15, 0.2) is 66.7 Å². The average molecular weight is 477 g/mol. The molecule has 0 bridgehead atoms. The highest BCUT2D eigenvalue weighted by Crippen LogP contribution is 2.30. The van der Waals surface area contributed by atoms with E-state index in [-0.39, 0.29) is 22.6 Å². The molecule has 4 rings (SSSR count). The maximum Gasteiger partial charge on any atom is 0.338 e. The van der Waals surface area contributed by atoms with Gasteiger partial charge in [-0.3, -0.25) is 14.4 Å². The highest BCUT2D eigenvalue weighted by Gasteiger charge is 2.37. The number of aryl methyl sites for hydroxylation is 1. The number of nitrogens with zero attached hydrogens (tertiary/aromatic N) is 2. The number of hydrogen-bond acceptors (Lipinski definition) is 5. The number of hydrogen-bond donors (Lipinski definition) is 0. The Kier molecular flexibility index (Phi) is 6.47. The van der Waals surface area contributed by atoms with Gasteiger partial charge in [-0.05, 0) is 60.5 Å². The van der Waals surface area contributed by atoms with Gasteiger partial charge < -0.3 is 9.64 Å². The van der Waals surface area contributed by atoms with Crippen molar-refractivity contribution in [2.24, 2.45) is 0 Å². The molecule has 0 unspecified atom stereocenters. The second-order valence-electron chi connectivity index (χ2n) is 7.93. The zero-order valence-corrected chi connectivity index (χ0v) is 19.3. The topological polar surface area (TPSA) is 84.0 Å². The van der Waals surface area contributed by atoms with Gasteiger partial charge in [-0.25, -0.2) is 9.69 Å². The summed E-state index contributed by atoms with van der Waals surface area (Å²) in [6, 6.07) is 18.1. The molecule has 3 aromatic rings. The van der Waals surface area contributed by atoms with Crippen molar-refractivity contribution in [2.45, 2.75) is 13.5 Å². The van der Waals surface area contributed by atoms with Crippen LogP contribution in [0.25, 0.3) is 0 Å². The zero-order chi connectivity index (χ0) is 24.4. The predicted molar refractivity (Wildman–Crippen MR) is 127 cm³/mol. The highest BCUT2D eigenvalue weighted by molar-refractivity contribution is 6.35. The summed E-state index contributed by atoms with van der Waals surface area (Å²) in [5, 5.41) is 0.476. The molecule has 7 nitrogen and oxygen atoms in total. The molecule has 1 aliphatic heterocycles. The molecule has 0 aromatic heterocycles. The maximum atomic E-state index is 12.9. The number of ether oxygens (including phenoxy) is 1. The van der Waals surface area contributed by atoms with Crippen molar-refractivity contribution in [1.82, 2.24) is 4.90 Å². The Morgan fingerprint density at radius 2 is 1.62 bits per heavy atom. The Hall–Kier alpha value is -3.97. The summed E-state index contributed by atoms with van der Waals surface area (Å²) < 4.78 is 5.17. The van der Waals surface area contributed by atoms with Gasteiger partial charge in [0, 0.05) is 18.6 Å². The molecule has 1 aliphatic rings. The van der Waals surface area contributed by atoms with Gasteiger partial charge in [-0.1, -0.05) is 35.9 Å². The first-order valence-electron chi connectivity index (χ1n) is 10.5. The maximum absolute atomic E-state index is 12.9. The van der Waals surface area contributed by atoms with Crippen LogP contribution in [-0.4, -0.2) is 42.2 Å². The number of benzene rings is 3. The Balaban J connectivity index is 1.42. The number of carbonyl (C=O) groups excluding carboxylic acids is 4. The fourth-order valence-electron chi connectivity index (χ4n) is 3.64. The zero-order valence-electron chi connectivity index (χ0n) is 18.6. The van der Waals surface area contributed by atoms with E-state index < -0.39 is 24.4 Å². The third-order valence-electron chi connectivity index (χ3n) is 5.63. The first-order valence-corrected chi connectivity index (χ1v) is 10.9. The molecule has 0 spiro atoms. The van der Waals surface area contributed by atoms with Gasteiger partial charge in [-0.15, -0.1) is 0 Å². The van der Waals surface area contributed by atoms with E-state index in [2.05, 4.69) is 0 Å². The highest BCUT2D eigenvalue weighted by atomic mass is 35.5. The number of rotatable bonds is 6. The second kappa shape index (κ2) is 9.49. The van der Waals surface area contributed by atoms with E-state index in [1.807, 2.05) is 31.2 Å². The van der Waals surface area contributed by atoms with Crippen LogP contribution in [0.2, 0.25) is 5.02 Å². The second-order valence-corrected chi connectivity index (χ2v) is 8.37. The molecule has 34 heavy (non-hydrogen) atoms. The predicted octanol–water partition coefficient (Wildman–Crippen LogP) is 4.26. The molecule has 0 radical (unpaired) electrons. The van der Waals surface area contributed by atoms with E-state index >= 15 is 0 Å². The van der Waals surface area contributed by atoms with E-state index in [1.165, 1.54) is 23.1 Å². The van der Waals surface area contributed by atoms with Crippen molar-refractivity contribution in [1.29, 1.82) is 0 Å². The van der Waals surface area contributed by atoms with Gasteiger partial charge >= 0.3 is 5.97 Å². The Morgan fingerprint density at radius 3 is 2.32 bits per heavy atom. The van der Waals surface area contributed by atoms with Crippen LogP contribution in [0.3, 0.4) is 0 Å². The molecular weight excluding hydrogens is 456 g/mol. The largest absolute Gasteiger partial charge is 0.452 e. The lowest BCUT2D eigenvalue weighted by Crippen LogP contribution is -2.31. The van der Waals surface area contributed by atoms with Gasteiger partial charge in [0.2, 0.25) is 0 Å². The molecule has 0 N–H and O–H groups in total. The molecule has 0 aliphatic carbocycles. The summed E-state index contributed by atoms with van der Waals surface area (Å²) >= 11 is 5.89. The smallest absolute Gasteiger partial charge is 0.338 e. The molecule has 3 amide bonds. The number of esters is 1. The summed E-state index contributed by atoms with van der Waals surface area (Å²) in [6.07, 6.45) is 0. The van der Waals surface area contributed by atoms with Crippen LogP contribution in [0.4, 0.5) is 5.69 Å². The van der Waals surface area contributed by atoms with Gasteiger partial charge in [0.1, 0.15) is 0 Å². The van der Waals surface area contributed by atoms with Crippen LogP contribution in [0.1, 0.15) is 42.2 Å². The van der Waals surface area contributed by atoms with Gasteiger partial charge in [0.25, 0.3) is 17.7 Å². The van der Waals surface area contributed by atoms with Crippen molar-refractivity contribution in [3.63, 3.8) is 0 Å². The third kappa shape index (κ3) is 4.56. The molecule has 0 saturated heterocycles. The number of fused-ring (bicyclic) bond motifs is 1. The number of carbonyl (C=O) groups is 4. The number of likely N-dealkylation sites (N-methyl/N-ethyl adjacent to an activating group) is 1. The number of imide groups is 1. The van der Waals surface area contributed by atoms with E-state index in [4.69, 9.17) is 16.3 Å². The van der Waals surface area contributed by atoms with E-state index in [0.717, 1.165) is 16.0 Å². The number of amides is 3. The van der Waals surface area contributed by atoms with Crippen molar-refractivity contribution >= 4 is 41.0 Å². The summed E-state index contributed by atoms with van der Waals surface area (Å²) in [5.74, 6) is -2.16. The molecule has 1 heterocycles. The molecule has 0 saturated carbocycles. The minimum Gasteiger partial charge on any atom is -0.452 e. The van der Waals surface area contributed by atoms with Crippen molar-refractivity contribution in [3.05, 3.63) is 99.6 Å². The lowest BCUT2D eigenvalue weighted by atomic mass is 10.1. The van der Waals surface area contributed by atoms with E-state index in [9.17, 15) is 19.2 Å². The molecule has 3 aromatic carbocycles. The summed E-state index contributed by atoms with van der Waals surface area (Å²) in [5.41, 5.74) is 2.79. The minimum absolute atomic E-state index is 0.0761. The lowest BCUT2D eigenvalue weighted by molar-refractivity contribution is -0.133. The molecule has 0 atom stereocenters. The Labute approximate surface area is 201 Å². The van der Waals surface area contributed by atoms with Crippen molar-refractivity contribution in [3.8, 4) is 0 Å². The van der Waals surface area contributed by atoms with Crippen molar-refractivity contribution < 1.29 is 23.9 Å². The normalized spacial score (nSPS) is 12.5. The van der Waals surface area contributed by atoms with Crippen molar-refractivity contribution in [2.75, 3.05) is 18.6 Å². The Bertz CT molecular complexity index is 1300. The average Bonchev–Trinajstić information content (AvgIpc) is 3.08. The fraction of sp³-hybridized carbons (Fsp3) is 0.154. The van der Waals surface area contributed by atoms with Crippen LogP contribution < -0.4 is 4.90 Å². The number of halogens is 1. The summed E-state index contributed by atoms with van der Waals surface area (Å²) in [7, 11) is 1.63. The molecular formula is C26H21ClN2O5. The summed E-state index contributed by atoms with van der Waals surface area (Å²) in [4.78, 5) is 53.1. The van der Waals surface area contributed by atoms with Crippen LogP contribution in [0, 0.1) is 6.92 Å². The van der Waals surface area contributed by atoms with Crippen LogP contribution >= 0.6 is 11.6 Å². The summed E-state index contributed by atoms with van der Waals surface area (Å²) in [6.45, 7) is 1.91. The number of anilines is 1. The quantitative estimate of drug-likeness (QED) is 0.392. The van der Waals surface area contributed by atoms with E-state index in [1.54, 1.807) is 31.3 Å². The van der Waals surface area contributed by atoms with Gasteiger partial charge in [-0.2, -0.15) is 0 Å². The minimum atomic E-state index is -0.759. The van der Waals surface area contributed by atoms with Gasteiger partial charge in [0.15, 0.2) is 6.61 Å². The molecule has 8 heteroatoms. The first kappa shape index (κ1) is 23.2. The first-order chi connectivity index (χ1) is 16.3. The fourth-order valence-corrected chi connectivity index (χ4v) is 3.77. The third-order valence-corrected chi connectivity index (χ3v) is 5.88. The molecule has 172 valence electrons. The Morgan fingerprint density at radius 1 is 0.941 bits per heavy atom. The van der Waals surface area contributed by atoms with Crippen LogP contribution in [-0.2, 0) is 16.1 Å². The standard InChI is InChI=1S/C26H21ClN2O5/c1-16-5-3-4-6-18(16)14-28(2)23(30)15-34-26(33)17-7-12-21-22(13-17)25(32)29(24(21)31)20-10-8-19(27)9-11-20/h3-13H,14-15H2,1-2H3. The van der Waals surface area contributed by atoms with E-state index in [0.29, 0.717) is 17.3 Å². The SMILES string of the molecule is Cc1ccccc1CN(C)C(=O)COC(=O)c1ccc2c(c1)C(=O)N(c1ccc(Cl)cc1)C2=O. The van der Waals surface area contributed by atoms with Gasteiger partial charge in [0.05, 0.1) is 22.4 Å². The lowest BCUT2D eigenvalue weighted by Gasteiger charge is -2.18. The monoisotopic (exact) mass is 476 g/mol. The molecule has 0 fully saturated rings. The van der Waals surface area contributed by atoms with Crippen LogP contribution in [0.5, 0.6) is 0 Å².